The molecule has 0 spiro atoms. The molecule has 2 aromatic rings. The van der Waals surface area contributed by atoms with E-state index in [1.54, 1.807) is 0 Å². The van der Waals surface area contributed by atoms with Crippen molar-refractivity contribution in [2.75, 3.05) is 0 Å². The average Bonchev–Trinajstić information content (AvgIpc) is 2.33. The van der Waals surface area contributed by atoms with Crippen molar-refractivity contribution in [1.29, 1.82) is 0 Å². The van der Waals surface area contributed by atoms with E-state index in [1.807, 2.05) is 0 Å². The molecule has 2 atom stereocenters. The van der Waals surface area contributed by atoms with E-state index < -0.39 is 0 Å². The molecule has 0 nitrogen and oxygen atoms in total. The van der Waals surface area contributed by atoms with Gasteiger partial charge in [-0.05, 0) is 40.7 Å². The van der Waals surface area contributed by atoms with Gasteiger partial charge in [-0.1, -0.05) is 43.3 Å². The van der Waals surface area contributed by atoms with Gasteiger partial charge >= 0.3 is 0 Å². The Balaban J connectivity index is 2.35. The molecule has 0 heterocycles. The van der Waals surface area contributed by atoms with Crippen molar-refractivity contribution in [3.05, 3.63) is 47.5 Å². The quantitative estimate of drug-likeness (QED) is 0.558. The first kappa shape index (κ1) is 10.2. The first-order chi connectivity index (χ1) is 7.77. The summed E-state index contributed by atoms with van der Waals surface area (Å²) in [7, 11) is 0. The summed E-state index contributed by atoms with van der Waals surface area (Å²) >= 11 is 6.41. The number of alkyl halides is 1. The highest BCUT2D eigenvalue weighted by Gasteiger charge is 2.24. The Morgan fingerprint density at radius 3 is 2.75 bits per heavy atom. The Morgan fingerprint density at radius 1 is 1.06 bits per heavy atom. The minimum Gasteiger partial charge on any atom is -0.118 e. The van der Waals surface area contributed by atoms with E-state index >= 15 is 0 Å². The highest BCUT2D eigenvalue weighted by Crippen LogP contribution is 2.43. The van der Waals surface area contributed by atoms with Crippen LogP contribution in [0.5, 0.6) is 0 Å². The van der Waals surface area contributed by atoms with Gasteiger partial charge in [0.15, 0.2) is 0 Å². The van der Waals surface area contributed by atoms with Gasteiger partial charge in [-0.2, -0.15) is 0 Å². The minimum absolute atomic E-state index is 0.204. The zero-order valence-corrected chi connectivity index (χ0v) is 10.2. The average molecular weight is 231 g/mol. The fraction of sp³-hybridized carbons (Fsp3) is 0.333. The summed E-state index contributed by atoms with van der Waals surface area (Å²) in [6, 6.07) is 13.0. The lowest BCUT2D eigenvalue weighted by Gasteiger charge is -2.27. The summed E-state index contributed by atoms with van der Waals surface area (Å²) in [5.41, 5.74) is 2.82. The number of benzene rings is 2. The Morgan fingerprint density at radius 2 is 1.88 bits per heavy atom. The number of rotatable bonds is 0. The van der Waals surface area contributed by atoms with E-state index in [-0.39, 0.29) is 5.38 Å². The lowest BCUT2D eigenvalue weighted by Crippen LogP contribution is -2.09. The van der Waals surface area contributed by atoms with E-state index in [1.165, 1.54) is 28.3 Å². The van der Waals surface area contributed by atoms with E-state index in [0.29, 0.717) is 5.92 Å². The van der Waals surface area contributed by atoms with Gasteiger partial charge in [0.1, 0.15) is 0 Å². The third kappa shape index (κ3) is 1.44. The van der Waals surface area contributed by atoms with Crippen LogP contribution in [0.2, 0.25) is 0 Å². The zero-order chi connectivity index (χ0) is 11.1. The molecule has 0 radical (unpaired) electrons. The highest BCUT2D eigenvalue weighted by molar-refractivity contribution is 6.21. The predicted octanol–water partition coefficient (Wildman–Crippen LogP) is 5.02. The standard InChI is InChI=1S/C15H15Cl/c1-10-6-9-14(16)13-8-7-11-4-2-3-5-12(11)15(10)13/h2-5,7-8,10,14H,6,9H2,1H3. The lowest BCUT2D eigenvalue weighted by molar-refractivity contribution is 0.583. The lowest BCUT2D eigenvalue weighted by atomic mass is 9.81. The summed E-state index contributed by atoms with van der Waals surface area (Å²) in [5, 5.41) is 2.92. The maximum atomic E-state index is 6.41. The first-order valence-electron chi connectivity index (χ1n) is 5.93. The molecule has 0 saturated heterocycles. The van der Waals surface area contributed by atoms with Crippen molar-refractivity contribution in [2.24, 2.45) is 0 Å². The summed E-state index contributed by atoms with van der Waals surface area (Å²) in [6.07, 6.45) is 2.31. The molecule has 0 fully saturated rings. The fourth-order valence-corrected chi connectivity index (χ4v) is 3.15. The van der Waals surface area contributed by atoms with Gasteiger partial charge in [0.2, 0.25) is 0 Å². The number of hydrogen-bond donors (Lipinski definition) is 0. The van der Waals surface area contributed by atoms with Gasteiger partial charge in [-0.25, -0.2) is 0 Å². The van der Waals surface area contributed by atoms with Crippen molar-refractivity contribution in [3.63, 3.8) is 0 Å². The van der Waals surface area contributed by atoms with E-state index in [9.17, 15) is 0 Å². The molecule has 1 heteroatoms. The van der Waals surface area contributed by atoms with Gasteiger partial charge in [0.05, 0.1) is 5.38 Å². The number of fused-ring (bicyclic) bond motifs is 3. The molecule has 0 bridgehead atoms. The van der Waals surface area contributed by atoms with E-state index in [0.717, 1.165) is 6.42 Å². The van der Waals surface area contributed by atoms with Crippen molar-refractivity contribution >= 4 is 22.4 Å². The summed E-state index contributed by atoms with van der Waals surface area (Å²) in [4.78, 5) is 0. The fourth-order valence-electron chi connectivity index (χ4n) is 2.83. The Kier molecular flexibility index (Phi) is 2.40. The zero-order valence-electron chi connectivity index (χ0n) is 9.41. The third-order valence-corrected chi connectivity index (χ3v) is 4.14. The molecule has 1 aliphatic carbocycles. The monoisotopic (exact) mass is 230 g/mol. The van der Waals surface area contributed by atoms with Crippen LogP contribution in [0.3, 0.4) is 0 Å². The molecule has 0 aliphatic heterocycles. The minimum atomic E-state index is 0.204. The molecule has 2 unspecified atom stereocenters. The molecular formula is C15H15Cl. The number of hydrogen-bond acceptors (Lipinski definition) is 0. The summed E-state index contributed by atoms with van der Waals surface area (Å²) in [5.74, 6) is 0.635. The SMILES string of the molecule is CC1CCC(Cl)c2ccc3ccccc3c21. The second-order valence-electron chi connectivity index (χ2n) is 4.74. The van der Waals surface area contributed by atoms with Crippen LogP contribution in [0, 0.1) is 0 Å². The highest BCUT2D eigenvalue weighted by atomic mass is 35.5. The first-order valence-corrected chi connectivity index (χ1v) is 6.36. The summed E-state index contributed by atoms with van der Waals surface area (Å²) in [6.45, 7) is 2.31. The summed E-state index contributed by atoms with van der Waals surface area (Å²) < 4.78 is 0. The van der Waals surface area contributed by atoms with Gasteiger partial charge in [0, 0.05) is 0 Å². The van der Waals surface area contributed by atoms with Crippen LogP contribution < -0.4 is 0 Å². The maximum Gasteiger partial charge on any atom is 0.0588 e. The Hall–Kier alpha value is -1.01. The second kappa shape index (κ2) is 3.78. The second-order valence-corrected chi connectivity index (χ2v) is 5.26. The molecular weight excluding hydrogens is 216 g/mol. The van der Waals surface area contributed by atoms with Crippen LogP contribution in [-0.2, 0) is 0 Å². The molecule has 16 heavy (non-hydrogen) atoms. The topological polar surface area (TPSA) is 0 Å². The van der Waals surface area contributed by atoms with Gasteiger partial charge in [0.25, 0.3) is 0 Å². The molecule has 82 valence electrons. The van der Waals surface area contributed by atoms with Crippen molar-refractivity contribution in [3.8, 4) is 0 Å². The van der Waals surface area contributed by atoms with Crippen LogP contribution in [0.1, 0.15) is 42.2 Å². The molecule has 0 amide bonds. The Bertz CT molecular complexity index is 530. The van der Waals surface area contributed by atoms with Gasteiger partial charge < -0.3 is 0 Å². The van der Waals surface area contributed by atoms with Crippen molar-refractivity contribution in [1.82, 2.24) is 0 Å². The largest absolute Gasteiger partial charge is 0.118 e. The maximum absolute atomic E-state index is 6.41. The molecule has 3 rings (SSSR count). The van der Waals surface area contributed by atoms with Gasteiger partial charge in [-0.3, -0.25) is 0 Å². The van der Waals surface area contributed by atoms with Crippen molar-refractivity contribution in [2.45, 2.75) is 31.1 Å². The molecule has 0 saturated carbocycles. The normalized spacial score (nSPS) is 24.4. The molecule has 2 aromatic carbocycles. The molecule has 1 aliphatic rings. The number of halogens is 1. The van der Waals surface area contributed by atoms with Crippen LogP contribution in [0.25, 0.3) is 10.8 Å². The Labute approximate surface area is 101 Å². The molecule has 0 N–H and O–H groups in total. The van der Waals surface area contributed by atoms with Crippen LogP contribution in [0.15, 0.2) is 36.4 Å². The van der Waals surface area contributed by atoms with Crippen LogP contribution in [-0.4, -0.2) is 0 Å². The van der Waals surface area contributed by atoms with Crippen LogP contribution in [0.4, 0.5) is 0 Å². The van der Waals surface area contributed by atoms with E-state index in [4.69, 9.17) is 11.6 Å². The van der Waals surface area contributed by atoms with Crippen LogP contribution >= 0.6 is 11.6 Å². The van der Waals surface area contributed by atoms with E-state index in [2.05, 4.69) is 43.3 Å². The molecule has 0 aromatic heterocycles. The predicted molar refractivity (Wildman–Crippen MR) is 70.2 cm³/mol. The van der Waals surface area contributed by atoms with Crippen molar-refractivity contribution < 1.29 is 0 Å². The third-order valence-electron chi connectivity index (χ3n) is 3.69. The van der Waals surface area contributed by atoms with Gasteiger partial charge in [-0.15, -0.1) is 11.6 Å². The smallest absolute Gasteiger partial charge is 0.0588 e.